The Morgan fingerprint density at radius 1 is 1.37 bits per heavy atom. The third-order valence-electron chi connectivity index (χ3n) is 2.39. The second-order valence-corrected chi connectivity index (χ2v) is 5.38. The van der Waals surface area contributed by atoms with Crippen LogP contribution in [0.2, 0.25) is 0 Å². The van der Waals surface area contributed by atoms with E-state index in [4.69, 9.17) is 14.4 Å². The lowest BCUT2D eigenvalue weighted by molar-refractivity contribution is -0.136. The van der Waals surface area contributed by atoms with Gasteiger partial charge in [-0.05, 0) is 36.6 Å². The molecule has 0 spiro atoms. The predicted molar refractivity (Wildman–Crippen MR) is 68.0 cm³/mol. The van der Waals surface area contributed by atoms with Crippen LogP contribution in [-0.2, 0) is 21.3 Å². The minimum Gasteiger partial charge on any atom is -0.494 e. The molecular formula is C12H16O6S. The predicted octanol–water partition coefficient (Wildman–Crippen LogP) is 1.74. The number of carbonyl (C=O) groups is 1. The third-order valence-corrected chi connectivity index (χ3v) is 3.35. The standard InChI is InChI=1S/C12H16O6S/c1-2-7-18-10-4-5-11(19(15,16)17)9(8-10)3-6-12(13)14/h4-5,8H,2-3,6-7H2,1H3,(H,13,14)(H,15,16,17). The summed E-state index contributed by atoms with van der Waals surface area (Å²) in [6.45, 7) is 2.40. The molecular weight excluding hydrogens is 272 g/mol. The van der Waals surface area contributed by atoms with E-state index in [1.165, 1.54) is 18.2 Å². The lowest BCUT2D eigenvalue weighted by Gasteiger charge is -2.10. The first-order valence-corrected chi connectivity index (χ1v) is 7.23. The van der Waals surface area contributed by atoms with Crippen LogP contribution in [0.4, 0.5) is 0 Å². The molecule has 0 atom stereocenters. The Balaban J connectivity index is 3.07. The average molecular weight is 288 g/mol. The van der Waals surface area contributed by atoms with Gasteiger partial charge >= 0.3 is 5.97 Å². The Morgan fingerprint density at radius 3 is 2.58 bits per heavy atom. The Bertz CT molecular complexity index is 549. The van der Waals surface area contributed by atoms with Crippen LogP contribution in [-0.4, -0.2) is 30.7 Å². The summed E-state index contributed by atoms with van der Waals surface area (Å²) in [6, 6.07) is 4.10. The number of carboxylic acids is 1. The summed E-state index contributed by atoms with van der Waals surface area (Å²) in [5.41, 5.74) is 0.235. The highest BCUT2D eigenvalue weighted by Crippen LogP contribution is 2.23. The molecule has 0 saturated carbocycles. The number of aliphatic carboxylic acids is 1. The van der Waals surface area contributed by atoms with Gasteiger partial charge in [0, 0.05) is 6.42 Å². The molecule has 0 radical (unpaired) electrons. The molecule has 7 heteroatoms. The van der Waals surface area contributed by atoms with Gasteiger partial charge in [-0.3, -0.25) is 9.35 Å². The summed E-state index contributed by atoms with van der Waals surface area (Å²) in [7, 11) is -4.37. The van der Waals surface area contributed by atoms with Crippen molar-refractivity contribution in [2.75, 3.05) is 6.61 Å². The van der Waals surface area contributed by atoms with E-state index in [0.717, 1.165) is 6.42 Å². The van der Waals surface area contributed by atoms with E-state index in [-0.39, 0.29) is 23.3 Å². The van der Waals surface area contributed by atoms with Crippen LogP contribution in [0, 0.1) is 0 Å². The van der Waals surface area contributed by atoms with Crippen molar-refractivity contribution < 1.29 is 27.6 Å². The van der Waals surface area contributed by atoms with Crippen LogP contribution < -0.4 is 4.74 Å². The Morgan fingerprint density at radius 2 is 2.05 bits per heavy atom. The smallest absolute Gasteiger partial charge is 0.303 e. The number of ether oxygens (including phenoxy) is 1. The van der Waals surface area contributed by atoms with Gasteiger partial charge in [0.05, 0.1) is 11.5 Å². The van der Waals surface area contributed by atoms with Crippen molar-refractivity contribution in [1.82, 2.24) is 0 Å². The molecule has 0 bridgehead atoms. The molecule has 19 heavy (non-hydrogen) atoms. The van der Waals surface area contributed by atoms with E-state index in [1.807, 2.05) is 6.92 Å². The zero-order chi connectivity index (χ0) is 14.5. The summed E-state index contributed by atoms with van der Waals surface area (Å²) < 4.78 is 36.8. The number of benzene rings is 1. The summed E-state index contributed by atoms with van der Waals surface area (Å²) >= 11 is 0. The highest BCUT2D eigenvalue weighted by Gasteiger charge is 2.16. The van der Waals surface area contributed by atoms with Crippen LogP contribution in [0.25, 0.3) is 0 Å². The van der Waals surface area contributed by atoms with E-state index < -0.39 is 16.1 Å². The summed E-state index contributed by atoms with van der Waals surface area (Å²) in [5.74, 6) is -0.587. The van der Waals surface area contributed by atoms with Crippen LogP contribution in [0.1, 0.15) is 25.3 Å². The number of aryl methyl sites for hydroxylation is 1. The van der Waals surface area contributed by atoms with Gasteiger partial charge in [-0.2, -0.15) is 8.42 Å². The van der Waals surface area contributed by atoms with Crippen molar-refractivity contribution in [2.24, 2.45) is 0 Å². The molecule has 0 heterocycles. The fourth-order valence-electron chi connectivity index (χ4n) is 1.55. The summed E-state index contributed by atoms with van der Waals surface area (Å²) in [6.07, 6.45) is 0.581. The second kappa shape index (κ2) is 6.53. The van der Waals surface area contributed by atoms with Gasteiger partial charge in [-0.15, -0.1) is 0 Å². The van der Waals surface area contributed by atoms with Crippen molar-refractivity contribution in [3.05, 3.63) is 23.8 Å². The monoisotopic (exact) mass is 288 g/mol. The van der Waals surface area contributed by atoms with E-state index in [9.17, 15) is 13.2 Å². The van der Waals surface area contributed by atoms with Gasteiger partial charge < -0.3 is 9.84 Å². The summed E-state index contributed by atoms with van der Waals surface area (Å²) in [4.78, 5) is 10.3. The molecule has 0 saturated heterocycles. The van der Waals surface area contributed by atoms with Crippen molar-refractivity contribution in [2.45, 2.75) is 31.1 Å². The van der Waals surface area contributed by atoms with Gasteiger partial charge in [-0.25, -0.2) is 0 Å². The molecule has 0 aliphatic carbocycles. The van der Waals surface area contributed by atoms with Gasteiger partial charge in [0.25, 0.3) is 10.1 Å². The van der Waals surface area contributed by atoms with E-state index >= 15 is 0 Å². The maximum absolute atomic E-state index is 11.2. The quantitative estimate of drug-likeness (QED) is 0.741. The fraction of sp³-hybridized carbons (Fsp3) is 0.417. The van der Waals surface area contributed by atoms with Gasteiger partial charge in [0.2, 0.25) is 0 Å². The zero-order valence-corrected chi connectivity index (χ0v) is 11.3. The molecule has 6 nitrogen and oxygen atoms in total. The second-order valence-electron chi connectivity index (χ2n) is 3.99. The van der Waals surface area contributed by atoms with E-state index in [1.54, 1.807) is 0 Å². The maximum atomic E-state index is 11.2. The highest BCUT2D eigenvalue weighted by molar-refractivity contribution is 7.85. The normalized spacial score (nSPS) is 11.3. The van der Waals surface area contributed by atoms with Crippen molar-refractivity contribution in [1.29, 1.82) is 0 Å². The summed E-state index contributed by atoms with van der Waals surface area (Å²) in [5, 5.41) is 8.64. The lowest BCUT2D eigenvalue weighted by Crippen LogP contribution is -2.06. The SMILES string of the molecule is CCCOc1ccc(S(=O)(=O)O)c(CCC(=O)O)c1. The molecule has 0 aliphatic heterocycles. The first-order valence-electron chi connectivity index (χ1n) is 5.79. The number of rotatable bonds is 7. The topological polar surface area (TPSA) is 101 Å². The molecule has 1 rings (SSSR count). The average Bonchev–Trinajstić information content (AvgIpc) is 2.32. The molecule has 106 valence electrons. The molecule has 0 amide bonds. The molecule has 0 aliphatic rings. The number of carboxylic acid groups (broad SMARTS) is 1. The Kier molecular flexibility index (Phi) is 5.31. The fourth-order valence-corrected chi connectivity index (χ4v) is 2.29. The van der Waals surface area contributed by atoms with E-state index in [2.05, 4.69) is 0 Å². The van der Waals surface area contributed by atoms with Crippen molar-refractivity contribution in [3.63, 3.8) is 0 Å². The number of hydrogen-bond donors (Lipinski definition) is 2. The van der Waals surface area contributed by atoms with Gasteiger partial charge in [-0.1, -0.05) is 6.92 Å². The molecule has 0 fully saturated rings. The molecule has 0 aromatic heterocycles. The van der Waals surface area contributed by atoms with Crippen molar-refractivity contribution >= 4 is 16.1 Å². The Labute approximate surface area is 111 Å². The van der Waals surface area contributed by atoms with Crippen LogP contribution in [0.5, 0.6) is 5.75 Å². The van der Waals surface area contributed by atoms with Gasteiger partial charge in [0.15, 0.2) is 0 Å². The van der Waals surface area contributed by atoms with Crippen LogP contribution >= 0.6 is 0 Å². The zero-order valence-electron chi connectivity index (χ0n) is 10.5. The first-order chi connectivity index (χ1) is 8.84. The van der Waals surface area contributed by atoms with Gasteiger partial charge in [0.1, 0.15) is 5.75 Å². The van der Waals surface area contributed by atoms with Crippen LogP contribution in [0.3, 0.4) is 0 Å². The molecule has 1 aromatic carbocycles. The minimum atomic E-state index is -4.37. The van der Waals surface area contributed by atoms with E-state index in [0.29, 0.717) is 12.4 Å². The Hall–Kier alpha value is -1.60. The molecule has 0 unspecified atom stereocenters. The first kappa shape index (κ1) is 15.5. The minimum absolute atomic E-state index is 0.00772. The largest absolute Gasteiger partial charge is 0.494 e. The maximum Gasteiger partial charge on any atom is 0.303 e. The molecule has 2 N–H and O–H groups in total. The number of hydrogen-bond acceptors (Lipinski definition) is 4. The lowest BCUT2D eigenvalue weighted by atomic mass is 10.1. The van der Waals surface area contributed by atoms with Crippen molar-refractivity contribution in [3.8, 4) is 5.75 Å². The highest BCUT2D eigenvalue weighted by atomic mass is 32.2. The third kappa shape index (κ3) is 4.88. The molecule has 1 aromatic rings. The van der Waals surface area contributed by atoms with Crippen LogP contribution in [0.15, 0.2) is 23.1 Å².